The zero-order valence-corrected chi connectivity index (χ0v) is 39.2. The lowest BCUT2D eigenvalue weighted by Crippen LogP contribution is -2.26. The van der Waals surface area contributed by atoms with Gasteiger partial charge in [0.15, 0.2) is 22.4 Å². The normalized spacial score (nSPS) is 17.9. The zero-order valence-electron chi connectivity index (χ0n) is 36.5. The fourth-order valence-electron chi connectivity index (χ4n) is 7.70. The van der Waals surface area contributed by atoms with Gasteiger partial charge in [0.2, 0.25) is 0 Å². The van der Waals surface area contributed by atoms with Gasteiger partial charge in [-0.15, -0.1) is 0 Å². The van der Waals surface area contributed by atoms with E-state index in [0.717, 1.165) is 6.33 Å². The molecule has 1 fully saturated rings. The van der Waals surface area contributed by atoms with Crippen LogP contribution in [-0.4, -0.2) is 96.6 Å². The largest absolute Gasteiger partial charge is 0.508 e. The molecule has 4 heterocycles. The van der Waals surface area contributed by atoms with Gasteiger partial charge >= 0.3 is 29.4 Å². The van der Waals surface area contributed by atoms with Crippen LogP contribution in [0.3, 0.4) is 0 Å². The molecule has 2 aromatic heterocycles. The Kier molecular flexibility index (Phi) is 14.3. The van der Waals surface area contributed by atoms with Crippen molar-refractivity contribution in [1.29, 1.82) is 0 Å². The molecule has 1 amide bonds. The molecule has 2 aliphatic heterocycles. The number of rotatable bonds is 16. The number of phenolic OH excluding ortho intramolecular Hbond substituents is 1. The van der Waals surface area contributed by atoms with Gasteiger partial charge in [0.05, 0.1) is 47.7 Å². The van der Waals surface area contributed by atoms with Gasteiger partial charge in [0, 0.05) is 52.3 Å². The summed E-state index contributed by atoms with van der Waals surface area (Å²) in [7, 11) is -16.9. The lowest BCUT2D eigenvalue weighted by molar-refractivity contribution is -0.385. The van der Waals surface area contributed by atoms with Crippen molar-refractivity contribution in [2.24, 2.45) is 0 Å². The number of nitrogens with one attached hydrogen (secondary N) is 2. The molecule has 1 saturated heterocycles. The molecule has 8 rings (SSSR count). The molecule has 3 aliphatic rings. The van der Waals surface area contributed by atoms with Crippen LogP contribution < -0.4 is 16.1 Å². The Morgan fingerprint density at radius 3 is 2.49 bits per heavy atom. The van der Waals surface area contributed by atoms with Crippen molar-refractivity contribution in [3.63, 3.8) is 0 Å². The van der Waals surface area contributed by atoms with E-state index in [9.17, 15) is 63.3 Å². The summed E-state index contributed by atoms with van der Waals surface area (Å²) in [5, 5.41) is 49.3. The van der Waals surface area contributed by atoms with E-state index in [1.54, 1.807) is 6.92 Å². The number of carbonyl (C=O) groups is 2. The first-order chi connectivity index (χ1) is 34.0. The third-order valence-corrected chi connectivity index (χ3v) is 14.6. The number of aliphatic hydroxyl groups is 1. The number of imidazole rings is 1. The minimum atomic E-state index is -5.78. The average molecular weight is 1050 g/mol. The molecular formula is C42H36N7O20P3. The Bertz CT molecular complexity index is 3570. The fourth-order valence-corrected chi connectivity index (χ4v) is 10.7. The highest BCUT2D eigenvalue weighted by molar-refractivity contribution is 7.66. The van der Waals surface area contributed by atoms with Gasteiger partial charge in [-0.2, -0.15) is 8.62 Å². The number of phosphoric acid groups is 3. The maximum absolute atomic E-state index is 13.4. The molecule has 3 aromatic carbocycles. The highest BCUT2D eigenvalue weighted by atomic mass is 31.3. The minimum Gasteiger partial charge on any atom is -0.508 e. The van der Waals surface area contributed by atoms with Crippen molar-refractivity contribution in [3.05, 3.63) is 128 Å². The standard InChI is InChI=1S/C42H36N7O20P3/c1-21(47-39-38-40(45-19-44-39)48(20-46-38)36-17-32(52)35(67-36)18-65-71(61,62)69-72(63,64)68-70(58,59)60)26-8-4-22(13-31(26)49(56)57)3-2-12-43-41(53)23-5-9-27(42(54)55)30(14-23)37-28-10-6-24(50)15-33(28)66-34-16-25(51)7-11-29(34)37/h4-11,13-16,19-21,32,35-36,50,52H,12,17-18H2,1H3,(H,43,53)(H,54,55)(H,61,62)(H,63,64)(H,44,45,47)(H2,58,59,60)/t21?,32-,35-,36-/m1/s1. The smallest absolute Gasteiger partial charge is 0.490 e. The number of nitrogens with zero attached hydrogens (tertiary/aromatic N) is 5. The molecule has 5 aromatic rings. The molecule has 72 heavy (non-hydrogen) atoms. The van der Waals surface area contributed by atoms with E-state index in [0.29, 0.717) is 16.5 Å². The van der Waals surface area contributed by atoms with Crippen LogP contribution in [0, 0.1) is 22.0 Å². The Balaban J connectivity index is 0.937. The number of benzene rings is 4. The second-order valence-electron chi connectivity index (χ2n) is 15.6. The number of carbonyl (C=O) groups excluding carboxylic acids is 1. The van der Waals surface area contributed by atoms with Crippen LogP contribution in [0.1, 0.15) is 57.5 Å². The zero-order chi connectivity index (χ0) is 51.9. The summed E-state index contributed by atoms with van der Waals surface area (Å²) in [6.07, 6.45) is -1.44. The summed E-state index contributed by atoms with van der Waals surface area (Å²) in [5.74, 6) is 3.72. The monoisotopic (exact) mass is 1050 g/mol. The predicted molar refractivity (Wildman–Crippen MR) is 247 cm³/mol. The highest BCUT2D eigenvalue weighted by Crippen LogP contribution is 2.66. The molecule has 0 bridgehead atoms. The number of aromatic carboxylic acids is 1. The minimum absolute atomic E-state index is 0.0558. The summed E-state index contributed by atoms with van der Waals surface area (Å²) in [6, 6.07) is 15.6. The van der Waals surface area contributed by atoms with Crippen molar-refractivity contribution in [1.82, 2.24) is 24.8 Å². The van der Waals surface area contributed by atoms with Crippen LogP contribution in [-0.2, 0) is 31.6 Å². The summed E-state index contributed by atoms with van der Waals surface area (Å²) >= 11 is 0. The number of hydrogen-bond donors (Lipinski definition) is 9. The first-order valence-electron chi connectivity index (χ1n) is 20.6. The maximum Gasteiger partial charge on any atom is 0.490 e. The number of hydrogen-bond acceptors (Lipinski definition) is 19. The Labute approximate surface area is 402 Å². The van der Waals surface area contributed by atoms with Crippen LogP contribution in [0.25, 0.3) is 44.6 Å². The number of aromatic hydroxyl groups is 1. The molecular weight excluding hydrogens is 1020 g/mol. The molecule has 0 radical (unpaired) electrons. The van der Waals surface area contributed by atoms with Gasteiger partial charge in [-0.05, 0) is 67.1 Å². The van der Waals surface area contributed by atoms with Gasteiger partial charge in [-0.1, -0.05) is 11.8 Å². The first kappa shape index (κ1) is 51.1. The maximum atomic E-state index is 13.4. The fraction of sp³-hybridized carbons (Fsp3) is 0.190. The van der Waals surface area contributed by atoms with Crippen molar-refractivity contribution in [2.75, 3.05) is 18.5 Å². The number of amides is 1. The number of phenols is 1. The van der Waals surface area contributed by atoms with E-state index >= 15 is 0 Å². The molecule has 30 heteroatoms. The molecule has 9 N–H and O–H groups in total. The lowest BCUT2D eigenvalue weighted by atomic mass is 9.89. The number of phosphoric ester groups is 1. The van der Waals surface area contributed by atoms with Crippen molar-refractivity contribution >= 4 is 69.0 Å². The number of anilines is 1. The van der Waals surface area contributed by atoms with E-state index in [2.05, 4.69) is 50.6 Å². The number of carboxylic acid groups (broad SMARTS) is 1. The number of nitro benzene ring substituents is 1. The topological polar surface area (TPSA) is 405 Å². The van der Waals surface area contributed by atoms with Gasteiger partial charge in [0.25, 0.3) is 11.6 Å². The molecule has 6 atom stereocenters. The number of aliphatic hydroxyl groups excluding tert-OH is 1. The summed E-state index contributed by atoms with van der Waals surface area (Å²) in [6.45, 7) is 0.478. The predicted octanol–water partition coefficient (Wildman–Crippen LogP) is 4.96. The van der Waals surface area contributed by atoms with Gasteiger partial charge in [-0.3, -0.25) is 28.8 Å². The number of fused-ring (bicyclic) bond motifs is 3. The van der Waals surface area contributed by atoms with Crippen LogP contribution in [0.4, 0.5) is 11.5 Å². The Hall–Kier alpha value is -7.27. The Morgan fingerprint density at radius 1 is 0.972 bits per heavy atom. The van der Waals surface area contributed by atoms with Crippen molar-refractivity contribution in [3.8, 4) is 40.0 Å². The summed E-state index contributed by atoms with van der Waals surface area (Å²) in [4.78, 5) is 99.3. The van der Waals surface area contributed by atoms with Gasteiger partial charge in [0.1, 0.15) is 35.8 Å². The van der Waals surface area contributed by atoms with E-state index in [1.807, 2.05) is 0 Å². The number of nitro groups is 1. The van der Waals surface area contributed by atoms with E-state index in [4.69, 9.17) is 18.9 Å². The van der Waals surface area contributed by atoms with Crippen molar-refractivity contribution < 1.29 is 85.4 Å². The first-order valence-corrected chi connectivity index (χ1v) is 25.2. The van der Waals surface area contributed by atoms with Crippen molar-refractivity contribution in [2.45, 2.75) is 37.8 Å². The van der Waals surface area contributed by atoms with Crippen LogP contribution >= 0.6 is 23.5 Å². The Morgan fingerprint density at radius 2 is 1.75 bits per heavy atom. The second-order valence-corrected chi connectivity index (χ2v) is 20.0. The van der Waals surface area contributed by atoms with E-state index < -0.39 is 71.4 Å². The molecule has 27 nitrogen and oxygen atoms in total. The average Bonchev–Trinajstić information content (AvgIpc) is 3.90. The van der Waals surface area contributed by atoms with Crippen LogP contribution in [0.5, 0.6) is 5.75 Å². The molecule has 0 spiro atoms. The number of aromatic nitrogens is 4. The van der Waals surface area contributed by atoms with E-state index in [-0.39, 0.29) is 86.0 Å². The molecule has 0 saturated carbocycles. The second kappa shape index (κ2) is 20.1. The quantitative estimate of drug-likeness (QED) is 0.0203. The highest BCUT2D eigenvalue weighted by Gasteiger charge is 2.43. The lowest BCUT2D eigenvalue weighted by Gasteiger charge is -2.19. The van der Waals surface area contributed by atoms with Gasteiger partial charge < -0.3 is 54.7 Å². The number of ether oxygens (including phenoxy) is 1. The van der Waals surface area contributed by atoms with Crippen LogP contribution in [0.2, 0.25) is 0 Å². The van der Waals surface area contributed by atoms with Gasteiger partial charge in [-0.25, -0.2) is 33.4 Å². The molecule has 3 unspecified atom stereocenters. The third-order valence-electron chi connectivity index (χ3n) is 10.8. The summed E-state index contributed by atoms with van der Waals surface area (Å²) < 4.78 is 59.7. The third kappa shape index (κ3) is 11.4. The van der Waals surface area contributed by atoms with Crippen LogP contribution in [0.15, 0.2) is 94.7 Å². The van der Waals surface area contributed by atoms with E-state index in [1.165, 1.54) is 83.7 Å². The SMILES string of the molecule is CC(Nc1ncnc2c1ncn2[C@H]1C[C@@H](O)[C@@H](COP(=O)(O)OP(=O)(O)OP(=O)(O)O)O1)c1ccc(C#CCNC(=O)c2ccc(C(=O)O)c(-c3c4ccc(=O)cc-4oc4cc(O)ccc34)c2)cc1[N+](=O)[O-]. The molecule has 1 aliphatic carbocycles. The summed E-state index contributed by atoms with van der Waals surface area (Å²) in [5.41, 5.74) is 0.961. The number of carboxylic acids is 1. The molecule has 374 valence electrons.